The molecule has 0 aliphatic carbocycles. The quantitative estimate of drug-likeness (QED) is 0.646. The molecular weight excluding hydrogens is 218 g/mol. The molecule has 4 nitrogen and oxygen atoms in total. The molecular formula is C13H19NO3. The number of benzene rings is 1. The molecule has 0 fully saturated rings. The molecule has 1 rings (SSSR count). The number of hydrogen-bond acceptors (Lipinski definition) is 3. The van der Waals surface area contributed by atoms with Crippen molar-refractivity contribution in [2.24, 2.45) is 0 Å². The molecule has 0 spiro atoms. The summed E-state index contributed by atoms with van der Waals surface area (Å²) in [6.45, 7) is -0.0738. The molecule has 1 atom stereocenters. The van der Waals surface area contributed by atoms with E-state index in [0.29, 0.717) is 19.3 Å². The van der Waals surface area contributed by atoms with Crippen LogP contribution in [0.15, 0.2) is 30.3 Å². The summed E-state index contributed by atoms with van der Waals surface area (Å²) >= 11 is 0. The van der Waals surface area contributed by atoms with Gasteiger partial charge in [-0.25, -0.2) is 0 Å². The Balaban J connectivity index is 2.41. The second-order valence-corrected chi connectivity index (χ2v) is 3.96. The zero-order valence-corrected chi connectivity index (χ0v) is 9.80. The second-order valence-electron chi connectivity index (χ2n) is 3.96. The van der Waals surface area contributed by atoms with Gasteiger partial charge < -0.3 is 15.5 Å². The van der Waals surface area contributed by atoms with Crippen LogP contribution in [0.1, 0.15) is 18.4 Å². The van der Waals surface area contributed by atoms with E-state index in [1.165, 1.54) is 0 Å². The third-order valence-corrected chi connectivity index (χ3v) is 2.47. The lowest BCUT2D eigenvalue weighted by Gasteiger charge is -2.16. The van der Waals surface area contributed by atoms with E-state index in [4.69, 9.17) is 5.11 Å². The van der Waals surface area contributed by atoms with Crippen molar-refractivity contribution in [3.05, 3.63) is 35.9 Å². The first-order valence-corrected chi connectivity index (χ1v) is 5.81. The number of hydrogen-bond donors (Lipinski definition) is 3. The smallest absolute Gasteiger partial charge is 0.220 e. The minimum atomic E-state index is -0.261. The summed E-state index contributed by atoms with van der Waals surface area (Å²) in [4.78, 5) is 11.4. The maximum atomic E-state index is 11.4. The van der Waals surface area contributed by atoms with Gasteiger partial charge in [-0.3, -0.25) is 4.79 Å². The van der Waals surface area contributed by atoms with Crippen molar-refractivity contribution in [2.75, 3.05) is 13.2 Å². The normalized spacial score (nSPS) is 12.1. The molecule has 0 saturated carbocycles. The number of carbonyl (C=O) groups is 1. The van der Waals surface area contributed by atoms with Gasteiger partial charge in [0.2, 0.25) is 5.91 Å². The van der Waals surface area contributed by atoms with E-state index < -0.39 is 0 Å². The minimum absolute atomic E-state index is 0.00982. The van der Waals surface area contributed by atoms with E-state index in [9.17, 15) is 9.90 Å². The van der Waals surface area contributed by atoms with Crippen molar-refractivity contribution >= 4 is 5.91 Å². The van der Waals surface area contributed by atoms with Gasteiger partial charge in [0.25, 0.3) is 0 Å². The molecule has 1 aromatic carbocycles. The van der Waals surface area contributed by atoms with Crippen LogP contribution in [0, 0.1) is 0 Å². The van der Waals surface area contributed by atoms with Gasteiger partial charge in [-0.2, -0.15) is 0 Å². The summed E-state index contributed by atoms with van der Waals surface area (Å²) < 4.78 is 0. The lowest BCUT2D eigenvalue weighted by molar-refractivity contribution is -0.122. The Kier molecular flexibility index (Phi) is 6.29. The number of aliphatic hydroxyl groups excluding tert-OH is 2. The number of aliphatic hydroxyl groups is 2. The summed E-state index contributed by atoms with van der Waals surface area (Å²) in [6.07, 6.45) is 1.36. The summed E-state index contributed by atoms with van der Waals surface area (Å²) in [5.74, 6) is -0.131. The van der Waals surface area contributed by atoms with Gasteiger partial charge in [-0.15, -0.1) is 0 Å². The molecule has 0 saturated heterocycles. The number of nitrogens with one attached hydrogen (secondary N) is 1. The third-order valence-electron chi connectivity index (χ3n) is 2.47. The predicted molar refractivity (Wildman–Crippen MR) is 65.5 cm³/mol. The maximum Gasteiger partial charge on any atom is 0.220 e. The van der Waals surface area contributed by atoms with Crippen LogP contribution in [0.4, 0.5) is 0 Å². The third kappa shape index (κ3) is 5.47. The molecule has 1 aromatic rings. The molecule has 1 amide bonds. The summed E-state index contributed by atoms with van der Waals surface area (Å²) in [5, 5.41) is 20.6. The van der Waals surface area contributed by atoms with Crippen LogP contribution in [-0.2, 0) is 11.2 Å². The number of carbonyl (C=O) groups excluding carboxylic acids is 1. The Bertz CT molecular complexity index is 327. The van der Waals surface area contributed by atoms with Crippen LogP contribution in [0.3, 0.4) is 0 Å². The fourth-order valence-electron chi connectivity index (χ4n) is 1.60. The predicted octanol–water partition coefficient (Wildman–Crippen LogP) is 0.479. The molecule has 1 unspecified atom stereocenters. The second kappa shape index (κ2) is 7.81. The zero-order chi connectivity index (χ0) is 12.5. The maximum absolute atomic E-state index is 11.4. The average Bonchev–Trinajstić information content (AvgIpc) is 2.36. The molecule has 0 bridgehead atoms. The van der Waals surface area contributed by atoms with E-state index >= 15 is 0 Å². The van der Waals surface area contributed by atoms with Crippen LogP contribution >= 0.6 is 0 Å². The number of amides is 1. The Morgan fingerprint density at radius 2 is 1.94 bits per heavy atom. The number of rotatable bonds is 7. The van der Waals surface area contributed by atoms with Gasteiger partial charge in [0.15, 0.2) is 0 Å². The van der Waals surface area contributed by atoms with Gasteiger partial charge in [-0.1, -0.05) is 30.3 Å². The van der Waals surface area contributed by atoms with Gasteiger partial charge in [0.1, 0.15) is 0 Å². The summed E-state index contributed by atoms with van der Waals surface area (Å²) in [6, 6.07) is 9.44. The van der Waals surface area contributed by atoms with Crippen molar-refractivity contribution < 1.29 is 15.0 Å². The molecule has 0 heterocycles. The van der Waals surface area contributed by atoms with E-state index in [1.807, 2.05) is 30.3 Å². The van der Waals surface area contributed by atoms with Gasteiger partial charge >= 0.3 is 0 Å². The van der Waals surface area contributed by atoms with Crippen LogP contribution in [0.5, 0.6) is 0 Å². The van der Waals surface area contributed by atoms with E-state index in [2.05, 4.69) is 5.32 Å². The van der Waals surface area contributed by atoms with Crippen LogP contribution < -0.4 is 5.32 Å². The lowest BCUT2D eigenvalue weighted by Crippen LogP contribution is -2.39. The van der Waals surface area contributed by atoms with Gasteiger partial charge in [-0.05, 0) is 18.4 Å². The lowest BCUT2D eigenvalue weighted by atomic mass is 10.1. The monoisotopic (exact) mass is 237 g/mol. The molecule has 0 aromatic heterocycles. The van der Waals surface area contributed by atoms with E-state index in [1.54, 1.807) is 0 Å². The van der Waals surface area contributed by atoms with Crippen molar-refractivity contribution in [2.45, 2.75) is 25.3 Å². The Hall–Kier alpha value is -1.39. The first kappa shape index (κ1) is 13.7. The Morgan fingerprint density at radius 1 is 1.24 bits per heavy atom. The van der Waals surface area contributed by atoms with Crippen molar-refractivity contribution in [3.8, 4) is 0 Å². The van der Waals surface area contributed by atoms with Crippen molar-refractivity contribution in [3.63, 3.8) is 0 Å². The highest BCUT2D eigenvalue weighted by Crippen LogP contribution is 2.03. The summed E-state index contributed by atoms with van der Waals surface area (Å²) in [5.41, 5.74) is 1.08. The topological polar surface area (TPSA) is 69.6 Å². The van der Waals surface area contributed by atoms with E-state index in [-0.39, 0.29) is 25.2 Å². The molecule has 4 heteroatoms. The molecule has 0 radical (unpaired) electrons. The van der Waals surface area contributed by atoms with E-state index in [0.717, 1.165) is 5.56 Å². The van der Waals surface area contributed by atoms with Crippen molar-refractivity contribution in [1.29, 1.82) is 0 Å². The molecule has 0 aliphatic rings. The summed E-state index contributed by atoms with van der Waals surface area (Å²) in [7, 11) is 0. The molecule has 3 N–H and O–H groups in total. The van der Waals surface area contributed by atoms with Crippen LogP contribution in [0.2, 0.25) is 0 Å². The van der Waals surface area contributed by atoms with Crippen LogP contribution in [-0.4, -0.2) is 35.4 Å². The van der Waals surface area contributed by atoms with Crippen LogP contribution in [0.25, 0.3) is 0 Å². The molecule has 0 aliphatic heterocycles. The largest absolute Gasteiger partial charge is 0.396 e. The molecule has 94 valence electrons. The Labute approximate surface area is 101 Å². The minimum Gasteiger partial charge on any atom is -0.396 e. The highest BCUT2D eigenvalue weighted by molar-refractivity contribution is 5.76. The standard InChI is InChI=1S/C13H19NO3/c15-8-4-7-13(17)14-12(10-16)9-11-5-2-1-3-6-11/h1-3,5-6,12,15-16H,4,7-10H2,(H,14,17). The fourth-order valence-corrected chi connectivity index (χ4v) is 1.60. The fraction of sp³-hybridized carbons (Fsp3) is 0.462. The zero-order valence-electron chi connectivity index (χ0n) is 9.80. The Morgan fingerprint density at radius 3 is 2.53 bits per heavy atom. The molecule has 17 heavy (non-hydrogen) atoms. The van der Waals surface area contributed by atoms with Gasteiger partial charge in [0, 0.05) is 13.0 Å². The van der Waals surface area contributed by atoms with Crippen molar-refractivity contribution in [1.82, 2.24) is 5.32 Å². The SMILES string of the molecule is O=C(CCCO)NC(CO)Cc1ccccc1. The average molecular weight is 237 g/mol. The van der Waals surface area contributed by atoms with Gasteiger partial charge in [0.05, 0.1) is 12.6 Å². The first-order valence-electron chi connectivity index (χ1n) is 5.81. The highest BCUT2D eigenvalue weighted by atomic mass is 16.3. The highest BCUT2D eigenvalue weighted by Gasteiger charge is 2.11. The first-order chi connectivity index (χ1) is 8.26.